The number of urea groups is 1. The molecular weight excluding hydrogens is 431 g/mol. The van der Waals surface area contributed by atoms with Gasteiger partial charge in [-0.25, -0.2) is 4.79 Å². The predicted octanol–water partition coefficient (Wildman–Crippen LogP) is 5.66. The number of hydrogen-bond donors (Lipinski definition) is 2. The van der Waals surface area contributed by atoms with E-state index in [0.29, 0.717) is 31.7 Å². The second kappa shape index (κ2) is 8.65. The van der Waals surface area contributed by atoms with Crippen LogP contribution in [-0.4, -0.2) is 20.3 Å². The molecular formula is C17H17BrCl2N2O3. The lowest BCUT2D eigenvalue weighted by atomic mass is 10.1. The van der Waals surface area contributed by atoms with Gasteiger partial charge < -0.3 is 20.1 Å². The molecule has 0 saturated carbocycles. The lowest BCUT2D eigenvalue weighted by Gasteiger charge is -2.18. The average molecular weight is 448 g/mol. The Bertz CT molecular complexity index is 787. The number of methoxy groups -OCH3 is 2. The van der Waals surface area contributed by atoms with Crippen LogP contribution in [0.15, 0.2) is 34.8 Å². The maximum atomic E-state index is 12.3. The molecule has 2 rings (SSSR count). The largest absolute Gasteiger partial charge is 0.493 e. The van der Waals surface area contributed by atoms with E-state index < -0.39 is 0 Å². The van der Waals surface area contributed by atoms with Crippen LogP contribution in [0.1, 0.15) is 18.5 Å². The molecule has 25 heavy (non-hydrogen) atoms. The number of benzene rings is 2. The van der Waals surface area contributed by atoms with E-state index in [-0.39, 0.29) is 12.1 Å². The Morgan fingerprint density at radius 3 is 2.36 bits per heavy atom. The molecule has 2 N–H and O–H groups in total. The molecule has 1 unspecified atom stereocenters. The van der Waals surface area contributed by atoms with Gasteiger partial charge in [-0.05, 0) is 40.5 Å². The van der Waals surface area contributed by atoms with Gasteiger partial charge in [0.05, 0.1) is 25.9 Å². The third-order valence-electron chi connectivity index (χ3n) is 3.50. The number of anilines is 1. The molecule has 0 fully saturated rings. The van der Waals surface area contributed by atoms with E-state index in [9.17, 15) is 4.79 Å². The van der Waals surface area contributed by atoms with Gasteiger partial charge in [-0.3, -0.25) is 0 Å². The van der Waals surface area contributed by atoms with Crippen molar-refractivity contribution in [2.45, 2.75) is 13.0 Å². The van der Waals surface area contributed by atoms with Crippen LogP contribution in [-0.2, 0) is 0 Å². The van der Waals surface area contributed by atoms with Crippen molar-refractivity contribution in [3.05, 3.63) is 50.4 Å². The fraction of sp³-hybridized carbons (Fsp3) is 0.235. The predicted molar refractivity (Wildman–Crippen MR) is 104 cm³/mol. The molecule has 0 aromatic heterocycles. The fourth-order valence-corrected chi connectivity index (χ4v) is 3.23. The van der Waals surface area contributed by atoms with Gasteiger partial charge in [0.15, 0.2) is 11.5 Å². The lowest BCUT2D eigenvalue weighted by Crippen LogP contribution is -2.31. The molecule has 0 spiro atoms. The first-order valence-electron chi connectivity index (χ1n) is 7.29. The summed E-state index contributed by atoms with van der Waals surface area (Å²) < 4.78 is 11.1. The summed E-state index contributed by atoms with van der Waals surface area (Å²) in [5, 5.41) is 6.63. The zero-order chi connectivity index (χ0) is 18.6. The van der Waals surface area contributed by atoms with Gasteiger partial charge in [-0.1, -0.05) is 29.3 Å². The van der Waals surface area contributed by atoms with E-state index in [4.69, 9.17) is 32.7 Å². The normalized spacial score (nSPS) is 11.6. The molecule has 2 amide bonds. The number of ether oxygens (including phenoxy) is 2. The van der Waals surface area contributed by atoms with Gasteiger partial charge in [-0.2, -0.15) is 0 Å². The van der Waals surface area contributed by atoms with Crippen molar-refractivity contribution in [3.8, 4) is 11.5 Å². The maximum absolute atomic E-state index is 12.3. The summed E-state index contributed by atoms with van der Waals surface area (Å²) in [4.78, 5) is 12.3. The zero-order valence-corrected chi connectivity index (χ0v) is 16.9. The Hall–Kier alpha value is -1.63. The molecule has 0 heterocycles. The van der Waals surface area contributed by atoms with Crippen LogP contribution in [0.25, 0.3) is 0 Å². The second-order valence-corrected chi connectivity index (χ2v) is 6.87. The van der Waals surface area contributed by atoms with Crippen molar-refractivity contribution < 1.29 is 14.3 Å². The quantitative estimate of drug-likeness (QED) is 0.621. The molecule has 2 aromatic carbocycles. The van der Waals surface area contributed by atoms with Gasteiger partial charge in [0.2, 0.25) is 0 Å². The summed E-state index contributed by atoms with van der Waals surface area (Å²) in [5.41, 5.74) is 1.32. The highest BCUT2D eigenvalue weighted by Gasteiger charge is 2.15. The van der Waals surface area contributed by atoms with Crippen LogP contribution in [0.2, 0.25) is 10.0 Å². The highest BCUT2D eigenvalue weighted by Crippen LogP contribution is 2.36. The summed E-state index contributed by atoms with van der Waals surface area (Å²) >= 11 is 15.5. The average Bonchev–Trinajstić information content (AvgIpc) is 2.55. The summed E-state index contributed by atoms with van der Waals surface area (Å²) in [6.45, 7) is 1.83. The van der Waals surface area contributed by atoms with Crippen LogP contribution in [0.3, 0.4) is 0 Å². The molecule has 1 atom stereocenters. The number of nitrogens with one attached hydrogen (secondary N) is 2. The topological polar surface area (TPSA) is 59.6 Å². The monoisotopic (exact) mass is 446 g/mol. The van der Waals surface area contributed by atoms with Crippen molar-refractivity contribution in [1.29, 1.82) is 0 Å². The minimum Gasteiger partial charge on any atom is -0.493 e. The first-order chi connectivity index (χ1) is 11.8. The smallest absolute Gasteiger partial charge is 0.319 e. The van der Waals surface area contributed by atoms with Gasteiger partial charge in [0.1, 0.15) is 0 Å². The number of carbonyl (C=O) groups excluding carboxylic acids is 1. The Morgan fingerprint density at radius 2 is 1.76 bits per heavy atom. The molecule has 0 bridgehead atoms. The summed E-state index contributed by atoms with van der Waals surface area (Å²) in [5.74, 6) is 1.07. The van der Waals surface area contributed by atoms with Gasteiger partial charge in [-0.15, -0.1) is 0 Å². The molecule has 134 valence electrons. The number of halogens is 3. The maximum Gasteiger partial charge on any atom is 0.319 e. The Kier molecular flexibility index (Phi) is 6.81. The highest BCUT2D eigenvalue weighted by atomic mass is 79.9. The van der Waals surface area contributed by atoms with E-state index in [1.807, 2.05) is 6.92 Å². The Labute approximate surface area is 164 Å². The highest BCUT2D eigenvalue weighted by molar-refractivity contribution is 9.10. The molecule has 0 saturated heterocycles. The number of amides is 2. The van der Waals surface area contributed by atoms with E-state index in [2.05, 4.69) is 26.6 Å². The van der Waals surface area contributed by atoms with Crippen molar-refractivity contribution in [3.63, 3.8) is 0 Å². The number of carbonyl (C=O) groups is 1. The van der Waals surface area contributed by atoms with Crippen molar-refractivity contribution in [1.82, 2.24) is 5.32 Å². The molecule has 2 aromatic rings. The summed E-state index contributed by atoms with van der Waals surface area (Å²) in [6, 6.07) is 7.84. The molecule has 0 aliphatic heterocycles. The van der Waals surface area contributed by atoms with Crippen molar-refractivity contribution in [2.75, 3.05) is 19.5 Å². The summed E-state index contributed by atoms with van der Waals surface area (Å²) in [7, 11) is 3.07. The SMILES string of the molecule is COc1cc(Br)c(NC(=O)NC(C)c2ccc(Cl)cc2Cl)cc1OC. The molecule has 8 heteroatoms. The molecule has 5 nitrogen and oxygen atoms in total. The standard InChI is InChI=1S/C17H17BrCl2N2O3/c1-9(11-5-4-10(19)6-13(11)20)21-17(23)22-14-8-16(25-3)15(24-2)7-12(14)18/h4-9H,1-3H3,(H2,21,22,23). The van der Waals surface area contributed by atoms with Gasteiger partial charge in [0.25, 0.3) is 0 Å². The van der Waals surface area contributed by atoms with Crippen molar-refractivity contribution in [2.24, 2.45) is 0 Å². The zero-order valence-electron chi connectivity index (χ0n) is 13.8. The van der Waals surface area contributed by atoms with Crippen LogP contribution >= 0.6 is 39.1 Å². The third kappa shape index (κ3) is 4.93. The van der Waals surface area contributed by atoms with Crippen LogP contribution in [0.5, 0.6) is 11.5 Å². The van der Waals surface area contributed by atoms with E-state index >= 15 is 0 Å². The van der Waals surface area contributed by atoms with Gasteiger partial charge in [0, 0.05) is 26.7 Å². The number of rotatable bonds is 5. The minimum atomic E-state index is -0.383. The minimum absolute atomic E-state index is 0.302. The van der Waals surface area contributed by atoms with E-state index in [1.54, 1.807) is 37.4 Å². The molecule has 0 aliphatic rings. The van der Waals surface area contributed by atoms with E-state index in [1.165, 1.54) is 7.11 Å². The molecule has 0 radical (unpaired) electrons. The first-order valence-corrected chi connectivity index (χ1v) is 8.84. The van der Waals surface area contributed by atoms with Crippen molar-refractivity contribution >= 4 is 50.9 Å². The van der Waals surface area contributed by atoms with E-state index in [0.717, 1.165) is 5.56 Å². The first kappa shape index (κ1) is 19.7. The third-order valence-corrected chi connectivity index (χ3v) is 4.72. The second-order valence-electron chi connectivity index (χ2n) is 5.17. The van der Waals surface area contributed by atoms with Crippen LogP contribution < -0.4 is 20.1 Å². The molecule has 0 aliphatic carbocycles. The fourth-order valence-electron chi connectivity index (χ4n) is 2.24. The Morgan fingerprint density at radius 1 is 1.12 bits per heavy atom. The number of hydrogen-bond acceptors (Lipinski definition) is 3. The summed E-state index contributed by atoms with van der Waals surface area (Å²) in [6.07, 6.45) is 0. The Balaban J connectivity index is 2.12. The van der Waals surface area contributed by atoms with Crippen LogP contribution in [0.4, 0.5) is 10.5 Å². The lowest BCUT2D eigenvalue weighted by molar-refractivity contribution is 0.249. The van der Waals surface area contributed by atoms with Gasteiger partial charge >= 0.3 is 6.03 Å². The van der Waals surface area contributed by atoms with Crippen LogP contribution in [0, 0.1) is 0 Å².